The van der Waals surface area contributed by atoms with Crippen LogP contribution in [-0.4, -0.2) is 52.0 Å². The zero-order valence-corrected chi connectivity index (χ0v) is 9.00. The minimum Gasteiger partial charge on any atom is -0.370 e. The van der Waals surface area contributed by atoms with Gasteiger partial charge in [-0.25, -0.2) is 4.68 Å². The van der Waals surface area contributed by atoms with Crippen molar-refractivity contribution >= 4 is 5.95 Å². The van der Waals surface area contributed by atoms with E-state index in [9.17, 15) is 0 Å². The van der Waals surface area contributed by atoms with Crippen molar-refractivity contribution in [1.29, 1.82) is 0 Å². The second kappa shape index (κ2) is 4.11. The van der Waals surface area contributed by atoms with Gasteiger partial charge in [0.2, 0.25) is 5.95 Å². The van der Waals surface area contributed by atoms with Gasteiger partial charge in [-0.2, -0.15) is 0 Å². The maximum Gasteiger partial charge on any atom is 0.245 e. The Morgan fingerprint density at radius 3 is 2.93 bits per heavy atom. The van der Waals surface area contributed by atoms with Crippen LogP contribution in [-0.2, 0) is 11.8 Å². The lowest BCUT2D eigenvalue weighted by Crippen LogP contribution is -2.50. The molecule has 15 heavy (non-hydrogen) atoms. The van der Waals surface area contributed by atoms with Crippen LogP contribution >= 0.6 is 0 Å². The van der Waals surface area contributed by atoms with E-state index in [1.54, 1.807) is 4.68 Å². The maximum absolute atomic E-state index is 5.66. The fourth-order valence-electron chi connectivity index (χ4n) is 1.83. The number of tetrazole rings is 1. The van der Waals surface area contributed by atoms with Crippen molar-refractivity contribution < 1.29 is 4.74 Å². The lowest BCUT2D eigenvalue weighted by molar-refractivity contribution is -0.0111. The Labute approximate surface area is 88.2 Å². The van der Waals surface area contributed by atoms with Crippen LogP contribution in [0.25, 0.3) is 0 Å². The number of nitrogens with two attached hydrogens (primary N) is 1. The van der Waals surface area contributed by atoms with Crippen molar-refractivity contribution in [2.75, 3.05) is 24.5 Å². The molecule has 0 bridgehead atoms. The molecule has 7 heteroatoms. The fraction of sp³-hybridized carbons (Fsp3) is 0.875. The predicted molar refractivity (Wildman–Crippen MR) is 54.4 cm³/mol. The number of rotatable bonds is 2. The number of aromatic nitrogens is 4. The largest absolute Gasteiger partial charge is 0.370 e. The summed E-state index contributed by atoms with van der Waals surface area (Å²) in [5.41, 5.74) is 5.61. The van der Waals surface area contributed by atoms with Gasteiger partial charge in [-0.3, -0.25) is 0 Å². The van der Waals surface area contributed by atoms with E-state index >= 15 is 0 Å². The molecule has 1 aromatic rings. The third kappa shape index (κ3) is 2.07. The van der Waals surface area contributed by atoms with Crippen LogP contribution in [0.2, 0.25) is 0 Å². The molecule has 0 aromatic carbocycles. The van der Waals surface area contributed by atoms with E-state index in [0.717, 1.165) is 19.0 Å². The van der Waals surface area contributed by atoms with Crippen molar-refractivity contribution in [2.24, 2.45) is 12.8 Å². The maximum atomic E-state index is 5.66. The van der Waals surface area contributed by atoms with E-state index in [2.05, 4.69) is 20.4 Å². The molecule has 1 aliphatic rings. The van der Waals surface area contributed by atoms with Crippen LogP contribution in [0.4, 0.5) is 5.95 Å². The van der Waals surface area contributed by atoms with E-state index in [1.807, 2.05) is 14.0 Å². The lowest BCUT2D eigenvalue weighted by Gasteiger charge is -2.36. The number of hydrogen-bond donors (Lipinski definition) is 1. The first kappa shape index (κ1) is 10.3. The molecule has 1 aliphatic heterocycles. The number of ether oxygens (including phenoxy) is 1. The summed E-state index contributed by atoms with van der Waals surface area (Å²) in [6.07, 6.45) is 0.217. The summed E-state index contributed by atoms with van der Waals surface area (Å²) >= 11 is 0. The number of anilines is 1. The summed E-state index contributed by atoms with van der Waals surface area (Å²) in [4.78, 5) is 2.10. The van der Waals surface area contributed by atoms with Crippen LogP contribution in [0.1, 0.15) is 6.92 Å². The highest BCUT2D eigenvalue weighted by molar-refractivity contribution is 5.29. The standard InChI is InChI=1S/C8H16N6O/c1-6-4-14(5-7(3-9)15-6)8-10-11-12-13(8)2/h6-7H,3-5,9H2,1-2H3. The van der Waals surface area contributed by atoms with Gasteiger partial charge in [0.1, 0.15) is 0 Å². The van der Waals surface area contributed by atoms with Crippen molar-refractivity contribution in [1.82, 2.24) is 20.2 Å². The molecule has 2 atom stereocenters. The Bertz CT molecular complexity index is 327. The first-order chi connectivity index (χ1) is 7.20. The zero-order valence-electron chi connectivity index (χ0n) is 9.00. The summed E-state index contributed by atoms with van der Waals surface area (Å²) in [5.74, 6) is 0.767. The minimum absolute atomic E-state index is 0.0606. The average Bonchev–Trinajstić information content (AvgIpc) is 2.63. The molecule has 0 amide bonds. The molecule has 0 saturated carbocycles. The number of aryl methyl sites for hydroxylation is 1. The van der Waals surface area contributed by atoms with Gasteiger partial charge in [-0.05, 0) is 17.4 Å². The highest BCUT2D eigenvalue weighted by Gasteiger charge is 2.26. The summed E-state index contributed by atoms with van der Waals surface area (Å²) < 4.78 is 7.32. The highest BCUT2D eigenvalue weighted by atomic mass is 16.5. The van der Waals surface area contributed by atoms with E-state index < -0.39 is 0 Å². The molecule has 2 heterocycles. The lowest BCUT2D eigenvalue weighted by atomic mass is 10.2. The average molecular weight is 212 g/mol. The van der Waals surface area contributed by atoms with Crippen LogP contribution < -0.4 is 10.6 Å². The van der Waals surface area contributed by atoms with Crippen LogP contribution in [0.3, 0.4) is 0 Å². The van der Waals surface area contributed by atoms with Crippen molar-refractivity contribution in [2.45, 2.75) is 19.1 Å². The smallest absolute Gasteiger partial charge is 0.245 e. The number of hydrogen-bond acceptors (Lipinski definition) is 6. The summed E-state index contributed by atoms with van der Waals surface area (Å²) in [7, 11) is 1.83. The fourth-order valence-corrected chi connectivity index (χ4v) is 1.83. The monoisotopic (exact) mass is 212 g/mol. The second-order valence-corrected chi connectivity index (χ2v) is 3.81. The molecular weight excluding hydrogens is 196 g/mol. The van der Waals surface area contributed by atoms with Gasteiger partial charge < -0.3 is 15.4 Å². The van der Waals surface area contributed by atoms with Gasteiger partial charge in [-0.15, -0.1) is 0 Å². The van der Waals surface area contributed by atoms with Crippen LogP contribution in [0.5, 0.6) is 0 Å². The molecule has 0 spiro atoms. The summed E-state index contributed by atoms with van der Waals surface area (Å²) in [5, 5.41) is 11.4. The van der Waals surface area contributed by atoms with Gasteiger partial charge >= 0.3 is 0 Å². The Hall–Kier alpha value is -1.21. The molecule has 2 N–H and O–H groups in total. The normalized spacial score (nSPS) is 27.0. The molecular formula is C8H16N6O. The Morgan fingerprint density at radius 2 is 2.33 bits per heavy atom. The van der Waals surface area contributed by atoms with Crippen LogP contribution in [0, 0.1) is 0 Å². The molecule has 7 nitrogen and oxygen atoms in total. The van der Waals surface area contributed by atoms with Gasteiger partial charge in [0.05, 0.1) is 12.2 Å². The first-order valence-electron chi connectivity index (χ1n) is 5.03. The van der Waals surface area contributed by atoms with Crippen molar-refractivity contribution in [3.05, 3.63) is 0 Å². The molecule has 1 aromatic heterocycles. The third-order valence-electron chi connectivity index (χ3n) is 2.47. The SMILES string of the molecule is CC1CN(c2nnnn2C)CC(CN)O1. The molecule has 0 radical (unpaired) electrons. The van der Waals surface area contributed by atoms with E-state index in [0.29, 0.717) is 6.54 Å². The van der Waals surface area contributed by atoms with Gasteiger partial charge in [0.15, 0.2) is 0 Å². The first-order valence-corrected chi connectivity index (χ1v) is 5.03. The molecule has 1 saturated heterocycles. The van der Waals surface area contributed by atoms with Crippen LogP contribution in [0.15, 0.2) is 0 Å². The second-order valence-electron chi connectivity index (χ2n) is 3.81. The van der Waals surface area contributed by atoms with E-state index in [4.69, 9.17) is 10.5 Å². The molecule has 1 fully saturated rings. The summed E-state index contributed by atoms with van der Waals surface area (Å²) in [6, 6.07) is 0. The Kier molecular flexibility index (Phi) is 2.83. The van der Waals surface area contributed by atoms with Crippen molar-refractivity contribution in [3.63, 3.8) is 0 Å². The van der Waals surface area contributed by atoms with E-state index in [1.165, 1.54) is 0 Å². The number of nitrogens with zero attached hydrogens (tertiary/aromatic N) is 5. The third-order valence-corrected chi connectivity index (χ3v) is 2.47. The van der Waals surface area contributed by atoms with Gasteiger partial charge in [0, 0.05) is 26.7 Å². The molecule has 0 aliphatic carbocycles. The Balaban J connectivity index is 2.12. The Morgan fingerprint density at radius 1 is 1.53 bits per heavy atom. The molecule has 2 rings (SSSR count). The minimum atomic E-state index is 0.0606. The predicted octanol–water partition coefficient (Wildman–Crippen LogP) is -1.24. The quantitative estimate of drug-likeness (QED) is 0.660. The van der Waals surface area contributed by atoms with Crippen molar-refractivity contribution in [3.8, 4) is 0 Å². The zero-order chi connectivity index (χ0) is 10.8. The number of morpholine rings is 1. The molecule has 84 valence electrons. The van der Waals surface area contributed by atoms with Gasteiger partial charge in [0.25, 0.3) is 0 Å². The highest BCUT2D eigenvalue weighted by Crippen LogP contribution is 2.15. The topological polar surface area (TPSA) is 82.1 Å². The van der Waals surface area contributed by atoms with E-state index in [-0.39, 0.29) is 12.2 Å². The molecule has 2 unspecified atom stereocenters. The summed E-state index contributed by atoms with van der Waals surface area (Å²) in [6.45, 7) is 4.09. The van der Waals surface area contributed by atoms with Gasteiger partial charge in [-0.1, -0.05) is 5.10 Å².